The highest BCUT2D eigenvalue weighted by molar-refractivity contribution is 7.99. The number of allylic oxidation sites excluding steroid dienone is 4. The zero-order valence-electron chi connectivity index (χ0n) is 22.7. The van der Waals surface area contributed by atoms with E-state index in [0.29, 0.717) is 0 Å². The number of aryl methyl sites for hydroxylation is 1. The van der Waals surface area contributed by atoms with Gasteiger partial charge in [0.15, 0.2) is 0 Å². The summed E-state index contributed by atoms with van der Waals surface area (Å²) in [5.74, 6) is 3.70. The van der Waals surface area contributed by atoms with Crippen LogP contribution >= 0.6 is 11.8 Å². The quantitative estimate of drug-likeness (QED) is 0.340. The number of thioether (sulfide) groups is 1. The lowest BCUT2D eigenvalue weighted by Crippen LogP contribution is -2.17. The molecule has 1 aliphatic carbocycles. The summed E-state index contributed by atoms with van der Waals surface area (Å²) in [4.78, 5) is 0. The summed E-state index contributed by atoms with van der Waals surface area (Å²) < 4.78 is 0. The van der Waals surface area contributed by atoms with Gasteiger partial charge in [-0.1, -0.05) is 48.9 Å². The molecule has 3 heteroatoms. The Kier molecular flexibility index (Phi) is 9.81. The van der Waals surface area contributed by atoms with Crippen molar-refractivity contribution in [2.75, 3.05) is 16.8 Å². The fourth-order valence-electron chi connectivity index (χ4n) is 5.37. The zero-order chi connectivity index (χ0) is 25.3. The maximum atomic E-state index is 3.93. The predicted octanol–water partition coefficient (Wildman–Crippen LogP) is 9.24. The zero-order valence-corrected chi connectivity index (χ0v) is 23.5. The van der Waals surface area contributed by atoms with Crippen LogP contribution in [0.2, 0.25) is 0 Å². The summed E-state index contributed by atoms with van der Waals surface area (Å²) in [5.41, 5.74) is 11.2. The second kappa shape index (κ2) is 13.2. The largest absolute Gasteiger partial charge is 0.368 e. The van der Waals surface area contributed by atoms with Crippen LogP contribution in [0, 0.1) is 19.8 Å². The molecule has 0 bridgehead atoms. The van der Waals surface area contributed by atoms with Crippen molar-refractivity contribution in [3.63, 3.8) is 0 Å². The van der Waals surface area contributed by atoms with Gasteiger partial charge in [0.2, 0.25) is 0 Å². The normalized spacial score (nSPS) is 17.7. The summed E-state index contributed by atoms with van der Waals surface area (Å²) in [7, 11) is 0. The third-order valence-electron chi connectivity index (χ3n) is 7.91. The summed E-state index contributed by atoms with van der Waals surface area (Å²) in [5, 5.41) is 7.32. The van der Waals surface area contributed by atoms with Crippen LogP contribution in [0.3, 0.4) is 0 Å². The molecule has 36 heavy (non-hydrogen) atoms. The molecule has 2 aromatic carbocycles. The number of hydrogen-bond donors (Lipinski definition) is 2. The molecule has 1 atom stereocenters. The molecule has 2 aromatic rings. The minimum atomic E-state index is 0.212. The van der Waals surface area contributed by atoms with E-state index in [0.717, 1.165) is 12.3 Å². The molecule has 1 aliphatic heterocycles. The van der Waals surface area contributed by atoms with Crippen molar-refractivity contribution in [1.82, 2.24) is 5.32 Å². The number of anilines is 1. The van der Waals surface area contributed by atoms with Crippen molar-refractivity contribution in [2.24, 2.45) is 5.92 Å². The average molecular weight is 501 g/mol. The highest BCUT2D eigenvalue weighted by Crippen LogP contribution is 2.38. The number of hydrogen-bond acceptors (Lipinski definition) is 3. The van der Waals surface area contributed by atoms with Crippen LogP contribution in [0.1, 0.15) is 87.0 Å². The predicted molar refractivity (Wildman–Crippen MR) is 160 cm³/mol. The highest BCUT2D eigenvalue weighted by atomic mass is 32.2. The van der Waals surface area contributed by atoms with Crippen molar-refractivity contribution < 1.29 is 0 Å². The Morgan fingerprint density at radius 3 is 2.58 bits per heavy atom. The first-order valence-electron chi connectivity index (χ1n) is 13.9. The van der Waals surface area contributed by atoms with Crippen LogP contribution in [0.4, 0.5) is 5.69 Å². The molecule has 0 radical (unpaired) electrons. The van der Waals surface area contributed by atoms with Crippen molar-refractivity contribution in [3.05, 3.63) is 100 Å². The SMILES string of the molecule is CC/C=C/N/C=C(\C)C(c1cccc(NC(CC2CCSCC2)=C2CCC2)c1)c1cccc(C)c1C. The Morgan fingerprint density at radius 2 is 1.86 bits per heavy atom. The molecule has 2 aliphatic rings. The molecule has 1 heterocycles. The summed E-state index contributed by atoms with van der Waals surface area (Å²) in [6.45, 7) is 8.89. The van der Waals surface area contributed by atoms with Gasteiger partial charge in [-0.15, -0.1) is 0 Å². The van der Waals surface area contributed by atoms with Gasteiger partial charge in [0.25, 0.3) is 0 Å². The van der Waals surface area contributed by atoms with Gasteiger partial charge in [-0.3, -0.25) is 0 Å². The number of nitrogens with one attached hydrogen (secondary N) is 2. The van der Waals surface area contributed by atoms with E-state index in [1.165, 1.54) is 89.2 Å². The van der Waals surface area contributed by atoms with Gasteiger partial charge < -0.3 is 10.6 Å². The van der Waals surface area contributed by atoms with Gasteiger partial charge in [-0.2, -0.15) is 11.8 Å². The van der Waals surface area contributed by atoms with E-state index in [-0.39, 0.29) is 5.92 Å². The lowest BCUT2D eigenvalue weighted by molar-refractivity contribution is 0.479. The average Bonchev–Trinajstić information content (AvgIpc) is 2.84. The molecular formula is C33H44N2S. The topological polar surface area (TPSA) is 24.1 Å². The maximum Gasteiger partial charge on any atom is 0.0384 e. The first-order chi connectivity index (χ1) is 17.6. The third-order valence-corrected chi connectivity index (χ3v) is 8.96. The van der Waals surface area contributed by atoms with Crippen LogP contribution in [0.5, 0.6) is 0 Å². The second-order valence-corrected chi connectivity index (χ2v) is 11.8. The van der Waals surface area contributed by atoms with Gasteiger partial charge >= 0.3 is 0 Å². The second-order valence-electron chi connectivity index (χ2n) is 10.5. The van der Waals surface area contributed by atoms with Gasteiger partial charge in [-0.25, -0.2) is 0 Å². The molecule has 2 nitrogen and oxygen atoms in total. The summed E-state index contributed by atoms with van der Waals surface area (Å²) >= 11 is 2.12. The first kappa shape index (κ1) is 26.7. The Hall–Kier alpha value is -2.39. The van der Waals surface area contributed by atoms with Gasteiger partial charge in [0.05, 0.1) is 0 Å². The third kappa shape index (κ3) is 6.88. The monoisotopic (exact) mass is 500 g/mol. The Morgan fingerprint density at radius 1 is 1.08 bits per heavy atom. The van der Waals surface area contributed by atoms with E-state index < -0.39 is 0 Å². The molecule has 2 N–H and O–H groups in total. The fraction of sp³-hybridized carbons (Fsp3) is 0.455. The van der Waals surface area contributed by atoms with Crippen LogP contribution in [0.15, 0.2) is 77.8 Å². The van der Waals surface area contributed by atoms with Crippen LogP contribution < -0.4 is 10.6 Å². The molecule has 0 amide bonds. The van der Waals surface area contributed by atoms with Gasteiger partial charge in [-0.05, 0) is 129 Å². The van der Waals surface area contributed by atoms with Gasteiger partial charge in [0.1, 0.15) is 0 Å². The molecule has 1 saturated heterocycles. The van der Waals surface area contributed by atoms with Crippen molar-refractivity contribution in [2.45, 2.75) is 78.6 Å². The minimum absolute atomic E-state index is 0.212. The molecule has 1 unspecified atom stereocenters. The Balaban J connectivity index is 1.64. The van der Waals surface area contributed by atoms with Crippen LogP contribution in [0.25, 0.3) is 0 Å². The van der Waals surface area contributed by atoms with Crippen LogP contribution in [-0.2, 0) is 0 Å². The van der Waals surface area contributed by atoms with E-state index in [1.807, 2.05) is 6.20 Å². The van der Waals surface area contributed by atoms with Crippen molar-refractivity contribution in [1.29, 1.82) is 0 Å². The smallest absolute Gasteiger partial charge is 0.0384 e. The molecule has 0 spiro atoms. The highest BCUT2D eigenvalue weighted by Gasteiger charge is 2.22. The molecule has 1 saturated carbocycles. The molecule has 2 fully saturated rings. The minimum Gasteiger partial charge on any atom is -0.368 e. The van der Waals surface area contributed by atoms with E-state index in [2.05, 4.69) is 105 Å². The lowest BCUT2D eigenvalue weighted by Gasteiger charge is -2.29. The molecule has 192 valence electrons. The van der Waals surface area contributed by atoms with E-state index in [1.54, 1.807) is 5.57 Å². The number of benzene rings is 2. The molecule has 0 aromatic heterocycles. The molecular weight excluding hydrogens is 456 g/mol. The summed E-state index contributed by atoms with van der Waals surface area (Å²) in [6.07, 6.45) is 15.2. The lowest BCUT2D eigenvalue weighted by atomic mass is 9.82. The maximum absolute atomic E-state index is 3.93. The first-order valence-corrected chi connectivity index (χ1v) is 15.0. The van der Waals surface area contributed by atoms with E-state index >= 15 is 0 Å². The Bertz CT molecular complexity index is 1100. The number of rotatable bonds is 10. The standard InChI is InChI=1S/C33H44N2S/c1-5-6-18-34-23-25(3)33(31-15-7-10-24(2)26(31)4)29-13-9-14-30(22-29)35-32(28-11-8-12-28)21-27-16-19-36-20-17-27/h6-7,9-10,13-15,18,22-23,27,33-35H,5,8,11-12,16-17,19-21H2,1-4H3/b18-6+,25-23+. The molecule has 4 rings (SSSR count). The van der Waals surface area contributed by atoms with Crippen molar-refractivity contribution >= 4 is 17.4 Å². The van der Waals surface area contributed by atoms with Gasteiger partial charge in [0, 0.05) is 23.5 Å². The summed E-state index contributed by atoms with van der Waals surface area (Å²) in [6, 6.07) is 15.9. The fourth-order valence-corrected chi connectivity index (χ4v) is 6.58. The van der Waals surface area contributed by atoms with E-state index in [9.17, 15) is 0 Å². The van der Waals surface area contributed by atoms with Crippen LogP contribution in [-0.4, -0.2) is 11.5 Å². The van der Waals surface area contributed by atoms with E-state index in [4.69, 9.17) is 0 Å². The Labute approximate surface area is 223 Å². The van der Waals surface area contributed by atoms with Crippen molar-refractivity contribution in [3.8, 4) is 0 Å².